The van der Waals surface area contributed by atoms with Crippen molar-refractivity contribution in [3.8, 4) is 0 Å². The summed E-state index contributed by atoms with van der Waals surface area (Å²) in [5.74, 6) is 0. The first-order chi connectivity index (χ1) is 6.95. The SMILES string of the molecule is C1=CCC([C@H]2O[C@@H]2c2ccccc2)=C1. The Morgan fingerprint density at radius 3 is 2.64 bits per heavy atom. The van der Waals surface area contributed by atoms with Crippen LogP contribution in [0.2, 0.25) is 0 Å². The Hall–Kier alpha value is -1.34. The molecule has 14 heavy (non-hydrogen) atoms. The molecule has 0 unspecified atom stereocenters. The first kappa shape index (κ1) is 8.01. The molecule has 0 aromatic heterocycles. The first-order valence-corrected chi connectivity index (χ1v) is 5.01. The van der Waals surface area contributed by atoms with E-state index in [9.17, 15) is 0 Å². The van der Waals surface area contributed by atoms with Crippen LogP contribution in [0.5, 0.6) is 0 Å². The van der Waals surface area contributed by atoms with Gasteiger partial charge in [0, 0.05) is 0 Å². The molecule has 0 spiro atoms. The lowest BCUT2D eigenvalue weighted by atomic mass is 10.0. The lowest BCUT2D eigenvalue weighted by Crippen LogP contribution is -1.91. The zero-order valence-corrected chi connectivity index (χ0v) is 7.89. The molecule has 1 nitrogen and oxygen atoms in total. The molecular formula is C13H12O. The molecule has 1 fully saturated rings. The summed E-state index contributed by atoms with van der Waals surface area (Å²) in [6.07, 6.45) is 8.18. The number of allylic oxidation sites excluding steroid dienone is 3. The second-order valence-electron chi connectivity index (χ2n) is 3.76. The van der Waals surface area contributed by atoms with Gasteiger partial charge in [-0.1, -0.05) is 48.6 Å². The van der Waals surface area contributed by atoms with Crippen LogP contribution in [0.4, 0.5) is 0 Å². The molecule has 1 aromatic carbocycles. The number of ether oxygens (including phenoxy) is 1. The van der Waals surface area contributed by atoms with Crippen molar-refractivity contribution in [2.75, 3.05) is 0 Å². The zero-order valence-electron chi connectivity index (χ0n) is 7.89. The number of hydrogen-bond donors (Lipinski definition) is 0. The Labute approximate surface area is 83.7 Å². The maximum absolute atomic E-state index is 5.68. The van der Waals surface area contributed by atoms with Crippen molar-refractivity contribution in [3.05, 3.63) is 59.7 Å². The first-order valence-electron chi connectivity index (χ1n) is 5.01. The van der Waals surface area contributed by atoms with Gasteiger partial charge in [0.2, 0.25) is 0 Å². The molecule has 1 heteroatoms. The van der Waals surface area contributed by atoms with Crippen LogP contribution in [0.15, 0.2) is 54.1 Å². The highest BCUT2D eigenvalue weighted by Crippen LogP contribution is 2.44. The Bertz CT molecular complexity index is 389. The summed E-state index contributed by atoms with van der Waals surface area (Å²) in [7, 11) is 0. The van der Waals surface area contributed by atoms with E-state index in [0.717, 1.165) is 6.42 Å². The molecule has 3 rings (SSSR count). The van der Waals surface area contributed by atoms with Gasteiger partial charge in [-0.05, 0) is 17.6 Å². The highest BCUT2D eigenvalue weighted by atomic mass is 16.6. The van der Waals surface area contributed by atoms with E-state index in [1.54, 1.807) is 0 Å². The van der Waals surface area contributed by atoms with Gasteiger partial charge in [0.1, 0.15) is 12.2 Å². The van der Waals surface area contributed by atoms with E-state index in [0.29, 0.717) is 12.2 Å². The second-order valence-corrected chi connectivity index (χ2v) is 3.76. The Kier molecular flexibility index (Phi) is 1.78. The van der Waals surface area contributed by atoms with Crippen molar-refractivity contribution in [3.63, 3.8) is 0 Å². The highest BCUT2D eigenvalue weighted by Gasteiger charge is 2.42. The summed E-state index contributed by atoms with van der Waals surface area (Å²) in [6.45, 7) is 0. The minimum absolute atomic E-state index is 0.308. The predicted molar refractivity (Wildman–Crippen MR) is 55.9 cm³/mol. The van der Waals surface area contributed by atoms with E-state index in [1.807, 2.05) is 6.07 Å². The largest absolute Gasteiger partial charge is 0.360 e. The Balaban J connectivity index is 1.74. The van der Waals surface area contributed by atoms with Gasteiger partial charge in [-0.15, -0.1) is 0 Å². The maximum Gasteiger partial charge on any atom is 0.113 e. The van der Waals surface area contributed by atoms with Gasteiger partial charge in [0.05, 0.1) is 0 Å². The fourth-order valence-electron chi connectivity index (χ4n) is 1.97. The van der Waals surface area contributed by atoms with E-state index >= 15 is 0 Å². The third kappa shape index (κ3) is 1.30. The summed E-state index contributed by atoms with van der Waals surface area (Å²) >= 11 is 0. The number of epoxide rings is 1. The van der Waals surface area contributed by atoms with E-state index in [4.69, 9.17) is 4.74 Å². The molecule has 1 aliphatic heterocycles. The quantitative estimate of drug-likeness (QED) is 0.644. The molecule has 2 atom stereocenters. The lowest BCUT2D eigenvalue weighted by molar-refractivity contribution is 0.388. The van der Waals surface area contributed by atoms with Crippen LogP contribution in [0.1, 0.15) is 18.1 Å². The van der Waals surface area contributed by atoms with Crippen LogP contribution in [-0.4, -0.2) is 6.10 Å². The van der Waals surface area contributed by atoms with Crippen LogP contribution < -0.4 is 0 Å². The maximum atomic E-state index is 5.68. The van der Waals surface area contributed by atoms with Crippen molar-refractivity contribution in [1.29, 1.82) is 0 Å². The van der Waals surface area contributed by atoms with Gasteiger partial charge in [-0.2, -0.15) is 0 Å². The summed E-state index contributed by atoms with van der Waals surface area (Å²) < 4.78 is 5.68. The van der Waals surface area contributed by atoms with E-state index < -0.39 is 0 Å². The Morgan fingerprint density at radius 2 is 1.93 bits per heavy atom. The second kappa shape index (κ2) is 3.10. The van der Waals surface area contributed by atoms with Gasteiger partial charge in [0.15, 0.2) is 0 Å². The van der Waals surface area contributed by atoms with Crippen LogP contribution in [0.3, 0.4) is 0 Å². The Morgan fingerprint density at radius 1 is 1.07 bits per heavy atom. The van der Waals surface area contributed by atoms with Gasteiger partial charge in [0.25, 0.3) is 0 Å². The summed E-state index contributed by atoms with van der Waals surface area (Å²) in [6, 6.07) is 10.4. The van der Waals surface area contributed by atoms with Gasteiger partial charge >= 0.3 is 0 Å². The van der Waals surface area contributed by atoms with E-state index in [2.05, 4.69) is 42.5 Å². The molecule has 1 aliphatic carbocycles. The summed E-state index contributed by atoms with van der Waals surface area (Å²) in [4.78, 5) is 0. The molecule has 0 amide bonds. The zero-order chi connectivity index (χ0) is 9.38. The fourth-order valence-corrected chi connectivity index (χ4v) is 1.97. The van der Waals surface area contributed by atoms with E-state index in [1.165, 1.54) is 11.1 Å². The standard InChI is InChI=1S/C13H12O/c1-2-6-10(7-3-1)12-13(14-12)11-8-4-5-9-11/h1-8,12-13H,9H2/t12-,13-/m1/s1. The topological polar surface area (TPSA) is 12.5 Å². The van der Waals surface area contributed by atoms with Gasteiger partial charge < -0.3 is 4.74 Å². The van der Waals surface area contributed by atoms with Crippen molar-refractivity contribution >= 4 is 0 Å². The molecule has 1 heterocycles. The minimum atomic E-state index is 0.308. The number of hydrogen-bond acceptors (Lipinski definition) is 1. The van der Waals surface area contributed by atoms with Crippen molar-refractivity contribution in [2.24, 2.45) is 0 Å². The predicted octanol–water partition coefficient (Wildman–Crippen LogP) is 3.01. The normalized spacial score (nSPS) is 29.0. The molecular weight excluding hydrogens is 172 g/mol. The molecule has 70 valence electrons. The smallest absolute Gasteiger partial charge is 0.113 e. The summed E-state index contributed by atoms with van der Waals surface area (Å²) in [5, 5.41) is 0. The molecule has 0 saturated carbocycles. The average Bonchev–Trinajstić information content (AvgIpc) is 2.87. The van der Waals surface area contributed by atoms with Gasteiger partial charge in [-0.25, -0.2) is 0 Å². The van der Waals surface area contributed by atoms with Crippen LogP contribution in [-0.2, 0) is 4.74 Å². The van der Waals surface area contributed by atoms with Crippen LogP contribution in [0.25, 0.3) is 0 Å². The van der Waals surface area contributed by atoms with Crippen molar-refractivity contribution in [2.45, 2.75) is 18.6 Å². The van der Waals surface area contributed by atoms with Crippen molar-refractivity contribution in [1.82, 2.24) is 0 Å². The highest BCUT2D eigenvalue weighted by molar-refractivity contribution is 5.34. The van der Waals surface area contributed by atoms with E-state index in [-0.39, 0.29) is 0 Å². The third-order valence-corrected chi connectivity index (χ3v) is 2.79. The third-order valence-electron chi connectivity index (χ3n) is 2.79. The molecule has 0 N–H and O–H groups in total. The molecule has 1 saturated heterocycles. The number of rotatable bonds is 2. The van der Waals surface area contributed by atoms with Gasteiger partial charge in [-0.3, -0.25) is 0 Å². The molecule has 1 aromatic rings. The average molecular weight is 184 g/mol. The van der Waals surface area contributed by atoms with Crippen LogP contribution >= 0.6 is 0 Å². The van der Waals surface area contributed by atoms with Crippen molar-refractivity contribution < 1.29 is 4.74 Å². The molecule has 2 aliphatic rings. The molecule has 0 bridgehead atoms. The van der Waals surface area contributed by atoms with Crippen LogP contribution in [0, 0.1) is 0 Å². The molecule has 0 radical (unpaired) electrons. The lowest BCUT2D eigenvalue weighted by Gasteiger charge is -1.95. The fraction of sp³-hybridized carbons (Fsp3) is 0.231. The number of benzene rings is 1. The monoisotopic (exact) mass is 184 g/mol. The summed E-state index contributed by atoms with van der Waals surface area (Å²) in [5.41, 5.74) is 2.71. The minimum Gasteiger partial charge on any atom is -0.360 e.